The monoisotopic (exact) mass is 562 g/mol. The van der Waals surface area contributed by atoms with Crippen molar-refractivity contribution >= 4 is 44.2 Å². The molecule has 0 bridgehead atoms. The molecule has 0 fully saturated rings. The van der Waals surface area contributed by atoms with Gasteiger partial charge in [-0.25, -0.2) is 18.2 Å². The maximum absolute atomic E-state index is 13.7. The van der Waals surface area contributed by atoms with Crippen molar-refractivity contribution in [1.29, 1.82) is 0 Å². The molecule has 0 aliphatic carbocycles. The van der Waals surface area contributed by atoms with Crippen molar-refractivity contribution in [1.82, 2.24) is 9.78 Å². The molecule has 1 amide bonds. The van der Waals surface area contributed by atoms with Crippen LogP contribution in [-0.2, 0) is 22.6 Å². The van der Waals surface area contributed by atoms with Crippen molar-refractivity contribution in [3.8, 4) is 5.69 Å². The topological polar surface area (TPSA) is 98.3 Å². The number of halogens is 4. The molecule has 0 spiro atoms. The molecule has 0 saturated carbocycles. The van der Waals surface area contributed by atoms with Gasteiger partial charge < -0.3 is 4.90 Å². The lowest BCUT2D eigenvalue weighted by atomic mass is 10.0. The van der Waals surface area contributed by atoms with Gasteiger partial charge in [-0.1, -0.05) is 12.1 Å². The van der Waals surface area contributed by atoms with Gasteiger partial charge in [-0.2, -0.15) is 18.3 Å². The van der Waals surface area contributed by atoms with E-state index in [0.717, 1.165) is 14.3 Å². The van der Waals surface area contributed by atoms with Gasteiger partial charge in [-0.15, -0.1) is 0 Å². The SMILES string of the molecule is NS(=O)(=O)c1ccccc1-n1nc(C(F)(F)F)c2c1C(=O)N(c1ccc(I)cc1)CC2. The summed E-state index contributed by atoms with van der Waals surface area (Å²) in [5, 5.41) is 8.87. The van der Waals surface area contributed by atoms with Crippen LogP contribution in [-0.4, -0.2) is 30.7 Å². The van der Waals surface area contributed by atoms with Crippen molar-refractivity contribution in [3.63, 3.8) is 0 Å². The molecule has 3 aromatic rings. The summed E-state index contributed by atoms with van der Waals surface area (Å²) in [4.78, 5) is 14.2. The molecule has 2 aromatic carbocycles. The van der Waals surface area contributed by atoms with Crippen LogP contribution in [0.1, 0.15) is 21.7 Å². The van der Waals surface area contributed by atoms with E-state index in [1.807, 2.05) is 0 Å². The number of primary sulfonamides is 1. The third kappa shape index (κ3) is 3.94. The van der Waals surface area contributed by atoms with Gasteiger partial charge in [0.05, 0.1) is 5.69 Å². The molecule has 31 heavy (non-hydrogen) atoms. The lowest BCUT2D eigenvalue weighted by Crippen LogP contribution is -2.39. The quantitative estimate of drug-likeness (QED) is 0.496. The molecule has 0 atom stereocenters. The highest BCUT2D eigenvalue weighted by atomic mass is 127. The Labute approximate surface area is 188 Å². The van der Waals surface area contributed by atoms with Gasteiger partial charge in [0.2, 0.25) is 10.0 Å². The molecule has 2 heterocycles. The predicted molar refractivity (Wildman–Crippen MR) is 114 cm³/mol. The Bertz CT molecular complexity index is 1290. The number of rotatable bonds is 3. The Kier molecular flexibility index (Phi) is 5.34. The first-order chi connectivity index (χ1) is 14.5. The van der Waals surface area contributed by atoms with Gasteiger partial charge >= 0.3 is 6.18 Å². The number of sulfonamides is 1. The fourth-order valence-corrected chi connectivity index (χ4v) is 4.58. The highest BCUT2D eigenvalue weighted by Gasteiger charge is 2.43. The molecule has 0 radical (unpaired) electrons. The number of nitrogens with two attached hydrogens (primary N) is 1. The van der Waals surface area contributed by atoms with Crippen molar-refractivity contribution < 1.29 is 26.4 Å². The second-order valence-corrected chi connectivity index (χ2v) is 9.56. The predicted octanol–water partition coefficient (Wildman–Crippen LogP) is 3.35. The summed E-state index contributed by atoms with van der Waals surface area (Å²) in [7, 11) is -4.29. The summed E-state index contributed by atoms with van der Waals surface area (Å²) in [5.41, 5.74) is -1.55. The molecular weight excluding hydrogens is 548 g/mol. The number of hydrogen-bond acceptors (Lipinski definition) is 4. The Morgan fingerprint density at radius 3 is 2.32 bits per heavy atom. The van der Waals surface area contributed by atoms with E-state index < -0.39 is 32.7 Å². The molecular formula is C19H14F3IN4O3S. The zero-order valence-corrected chi connectivity index (χ0v) is 18.6. The Morgan fingerprint density at radius 2 is 1.71 bits per heavy atom. The highest BCUT2D eigenvalue weighted by molar-refractivity contribution is 14.1. The minimum Gasteiger partial charge on any atom is -0.307 e. The zero-order chi connectivity index (χ0) is 22.6. The smallest absolute Gasteiger partial charge is 0.307 e. The van der Waals surface area contributed by atoms with E-state index in [9.17, 15) is 26.4 Å². The van der Waals surface area contributed by atoms with Gasteiger partial charge in [0.1, 0.15) is 10.6 Å². The Morgan fingerprint density at radius 1 is 1.06 bits per heavy atom. The summed E-state index contributed by atoms with van der Waals surface area (Å²) >= 11 is 2.10. The molecule has 1 aliphatic heterocycles. The maximum Gasteiger partial charge on any atom is 0.435 e. The number of nitrogens with zero attached hydrogens (tertiary/aromatic N) is 3. The molecule has 0 saturated heterocycles. The van der Waals surface area contributed by atoms with Gasteiger partial charge in [-0.05, 0) is 65.4 Å². The Balaban J connectivity index is 1.95. The summed E-state index contributed by atoms with van der Waals surface area (Å²) in [6.45, 7) is 0.0258. The van der Waals surface area contributed by atoms with Crippen LogP contribution in [0.4, 0.5) is 18.9 Å². The van der Waals surface area contributed by atoms with E-state index in [1.165, 1.54) is 23.1 Å². The van der Waals surface area contributed by atoms with Gasteiger partial charge in [0.15, 0.2) is 5.69 Å². The van der Waals surface area contributed by atoms with Crippen LogP contribution in [0.15, 0.2) is 53.4 Å². The van der Waals surface area contributed by atoms with Crippen LogP contribution in [0.25, 0.3) is 5.69 Å². The summed E-state index contributed by atoms with van der Waals surface area (Å²) in [6.07, 6.45) is -4.92. The molecule has 0 unspecified atom stereocenters. The first kappa shape index (κ1) is 21.8. The van der Waals surface area contributed by atoms with Gasteiger partial charge in [0.25, 0.3) is 5.91 Å². The van der Waals surface area contributed by atoms with E-state index in [-0.39, 0.29) is 29.9 Å². The number of benzene rings is 2. The summed E-state index contributed by atoms with van der Waals surface area (Å²) in [6, 6.07) is 12.1. The summed E-state index contributed by atoms with van der Waals surface area (Å²) in [5.74, 6) is -0.713. The third-order valence-electron chi connectivity index (χ3n) is 4.82. The van der Waals surface area contributed by atoms with Crippen LogP contribution in [0.3, 0.4) is 0 Å². The molecule has 162 valence electrons. The fourth-order valence-electron chi connectivity index (χ4n) is 3.50. The number of para-hydroxylation sites is 1. The van der Waals surface area contributed by atoms with Crippen molar-refractivity contribution in [2.75, 3.05) is 11.4 Å². The number of anilines is 1. The second-order valence-electron chi connectivity index (χ2n) is 6.78. The molecule has 12 heteroatoms. The largest absolute Gasteiger partial charge is 0.435 e. The molecule has 1 aliphatic rings. The molecule has 4 rings (SSSR count). The zero-order valence-electron chi connectivity index (χ0n) is 15.6. The van der Waals surface area contributed by atoms with Crippen molar-refractivity contribution in [3.05, 3.63) is 69.1 Å². The molecule has 7 nitrogen and oxygen atoms in total. The number of aromatic nitrogens is 2. The average Bonchev–Trinajstić information content (AvgIpc) is 3.09. The third-order valence-corrected chi connectivity index (χ3v) is 6.50. The van der Waals surface area contributed by atoms with Crippen LogP contribution in [0, 0.1) is 3.57 Å². The number of hydrogen-bond donors (Lipinski definition) is 1. The van der Waals surface area contributed by atoms with E-state index in [2.05, 4.69) is 27.7 Å². The first-order valence-electron chi connectivity index (χ1n) is 8.87. The number of alkyl halides is 3. The fraction of sp³-hybridized carbons (Fsp3) is 0.158. The highest BCUT2D eigenvalue weighted by Crippen LogP contribution is 2.37. The Hall–Kier alpha value is -2.45. The van der Waals surface area contributed by atoms with Crippen molar-refractivity contribution in [2.45, 2.75) is 17.5 Å². The van der Waals surface area contributed by atoms with E-state index in [1.54, 1.807) is 24.3 Å². The van der Waals surface area contributed by atoms with Crippen LogP contribution in [0.5, 0.6) is 0 Å². The number of fused-ring (bicyclic) bond motifs is 1. The van der Waals surface area contributed by atoms with Crippen LogP contribution < -0.4 is 10.0 Å². The average molecular weight is 562 g/mol. The maximum atomic E-state index is 13.7. The van der Waals surface area contributed by atoms with E-state index >= 15 is 0 Å². The van der Waals surface area contributed by atoms with Gasteiger partial charge in [0, 0.05) is 21.4 Å². The normalized spacial score (nSPS) is 14.6. The molecule has 2 N–H and O–H groups in total. The number of carbonyl (C=O) groups is 1. The number of carbonyl (C=O) groups excluding carboxylic acids is 1. The summed E-state index contributed by atoms with van der Waals surface area (Å²) < 4.78 is 66.8. The molecule has 1 aromatic heterocycles. The van der Waals surface area contributed by atoms with Gasteiger partial charge in [-0.3, -0.25) is 4.79 Å². The minimum absolute atomic E-state index is 0.0258. The second kappa shape index (κ2) is 7.60. The minimum atomic E-state index is -4.82. The van der Waals surface area contributed by atoms with Crippen LogP contribution >= 0.6 is 22.6 Å². The standard InChI is InChI=1S/C19H14F3IN4O3S/c20-19(21,22)17-13-9-10-26(12-7-5-11(23)6-8-12)18(28)16(13)27(25-17)14-3-1-2-4-15(14)31(24,29)30/h1-8H,9-10H2,(H2,24,29,30). The first-order valence-corrected chi connectivity index (χ1v) is 11.5. The lowest BCUT2D eigenvalue weighted by Gasteiger charge is -2.28. The lowest BCUT2D eigenvalue weighted by molar-refractivity contribution is -0.141. The van der Waals surface area contributed by atoms with Crippen molar-refractivity contribution in [2.24, 2.45) is 5.14 Å². The van der Waals surface area contributed by atoms with E-state index in [4.69, 9.17) is 5.14 Å². The number of amides is 1. The van der Waals surface area contributed by atoms with E-state index in [0.29, 0.717) is 5.69 Å². The van der Waals surface area contributed by atoms with Crippen LogP contribution in [0.2, 0.25) is 0 Å².